The Hall–Kier alpha value is -1.89. The van der Waals surface area contributed by atoms with Crippen molar-refractivity contribution < 1.29 is 0 Å². The number of nitriles is 1. The number of nitrogens with zero attached hydrogens (tertiary/aromatic N) is 2. The Morgan fingerprint density at radius 3 is 2.77 bits per heavy atom. The summed E-state index contributed by atoms with van der Waals surface area (Å²) in [6, 6.07) is 12.2. The molecule has 1 aliphatic rings. The quantitative estimate of drug-likeness (QED) is 0.688. The standard InChI is InChI=1S/C18H15ClN2S/c19-14(10-13-6-2-1-3-7-13)12-21-18-16(11-20)15-8-4-5-9-17(15)22-18/h1-3,6-7,10,12H,4-5,8-9H2/b14-10+,21-12+. The van der Waals surface area contributed by atoms with Crippen LogP contribution in [-0.4, -0.2) is 6.21 Å². The van der Waals surface area contributed by atoms with Crippen LogP contribution in [0, 0.1) is 11.3 Å². The van der Waals surface area contributed by atoms with Gasteiger partial charge in [-0.15, -0.1) is 11.3 Å². The molecule has 0 N–H and O–H groups in total. The van der Waals surface area contributed by atoms with Gasteiger partial charge in [-0.3, -0.25) is 0 Å². The Morgan fingerprint density at radius 2 is 2.00 bits per heavy atom. The van der Waals surface area contributed by atoms with E-state index in [-0.39, 0.29) is 0 Å². The SMILES string of the molecule is N#Cc1c(/N=C/C(Cl)=C\c2ccccc2)sc2c1CCCC2. The minimum Gasteiger partial charge on any atom is -0.243 e. The summed E-state index contributed by atoms with van der Waals surface area (Å²) in [6.07, 6.45) is 7.93. The predicted octanol–water partition coefficient (Wildman–Crippen LogP) is 5.48. The molecule has 0 radical (unpaired) electrons. The van der Waals surface area contributed by atoms with E-state index >= 15 is 0 Å². The van der Waals surface area contributed by atoms with Gasteiger partial charge in [-0.1, -0.05) is 41.9 Å². The van der Waals surface area contributed by atoms with Crippen LogP contribution in [0.5, 0.6) is 0 Å². The lowest BCUT2D eigenvalue weighted by atomic mass is 9.96. The number of allylic oxidation sites excluding steroid dienone is 1. The average Bonchev–Trinajstić information content (AvgIpc) is 2.91. The first-order valence-corrected chi connectivity index (χ1v) is 8.48. The maximum Gasteiger partial charge on any atom is 0.134 e. The van der Waals surface area contributed by atoms with E-state index in [0.717, 1.165) is 35.4 Å². The molecular formula is C18H15ClN2S. The van der Waals surface area contributed by atoms with Gasteiger partial charge in [0.2, 0.25) is 0 Å². The lowest BCUT2D eigenvalue weighted by Crippen LogP contribution is -1.99. The minimum absolute atomic E-state index is 0.557. The van der Waals surface area contributed by atoms with Gasteiger partial charge in [0.25, 0.3) is 0 Å². The van der Waals surface area contributed by atoms with Crippen molar-refractivity contribution in [3.8, 4) is 6.07 Å². The predicted molar refractivity (Wildman–Crippen MR) is 94.1 cm³/mol. The van der Waals surface area contributed by atoms with E-state index in [0.29, 0.717) is 5.03 Å². The molecule has 2 nitrogen and oxygen atoms in total. The van der Waals surface area contributed by atoms with Crippen LogP contribution in [0.15, 0.2) is 40.4 Å². The zero-order valence-electron chi connectivity index (χ0n) is 12.1. The smallest absolute Gasteiger partial charge is 0.134 e. The fraction of sp³-hybridized carbons (Fsp3) is 0.222. The van der Waals surface area contributed by atoms with Crippen LogP contribution in [-0.2, 0) is 12.8 Å². The van der Waals surface area contributed by atoms with E-state index in [2.05, 4.69) is 11.1 Å². The highest BCUT2D eigenvalue weighted by atomic mass is 35.5. The van der Waals surface area contributed by atoms with Crippen molar-refractivity contribution in [3.05, 3.63) is 56.9 Å². The van der Waals surface area contributed by atoms with Gasteiger partial charge in [-0.2, -0.15) is 5.26 Å². The summed E-state index contributed by atoms with van der Waals surface area (Å²) in [5, 5.41) is 10.7. The Kier molecular flexibility index (Phi) is 4.72. The summed E-state index contributed by atoms with van der Waals surface area (Å²) in [5.74, 6) is 0. The van der Waals surface area contributed by atoms with Gasteiger partial charge < -0.3 is 0 Å². The summed E-state index contributed by atoms with van der Waals surface area (Å²) in [6.45, 7) is 0. The highest BCUT2D eigenvalue weighted by Gasteiger charge is 2.20. The fourth-order valence-corrected chi connectivity index (χ4v) is 3.98. The van der Waals surface area contributed by atoms with Crippen molar-refractivity contribution in [3.63, 3.8) is 0 Å². The monoisotopic (exact) mass is 326 g/mol. The van der Waals surface area contributed by atoms with E-state index in [1.807, 2.05) is 36.4 Å². The number of aliphatic imine (C=N–C) groups is 1. The number of aryl methyl sites for hydroxylation is 1. The summed E-state index contributed by atoms with van der Waals surface area (Å²) in [5.41, 5.74) is 2.97. The molecule has 110 valence electrons. The van der Waals surface area contributed by atoms with Gasteiger partial charge in [-0.25, -0.2) is 4.99 Å². The third kappa shape index (κ3) is 3.30. The molecule has 1 aliphatic carbocycles. The maximum absolute atomic E-state index is 9.40. The van der Waals surface area contributed by atoms with Gasteiger partial charge in [0.15, 0.2) is 0 Å². The zero-order valence-corrected chi connectivity index (χ0v) is 13.6. The largest absolute Gasteiger partial charge is 0.243 e. The molecule has 0 bridgehead atoms. The number of halogens is 1. The van der Waals surface area contributed by atoms with Crippen molar-refractivity contribution >= 4 is 40.2 Å². The molecular weight excluding hydrogens is 312 g/mol. The summed E-state index contributed by atoms with van der Waals surface area (Å²) < 4.78 is 0. The summed E-state index contributed by atoms with van der Waals surface area (Å²) in [4.78, 5) is 5.77. The Labute approximate surface area is 139 Å². The molecule has 1 aromatic heterocycles. The van der Waals surface area contributed by atoms with Gasteiger partial charge >= 0.3 is 0 Å². The van der Waals surface area contributed by atoms with Crippen LogP contribution >= 0.6 is 22.9 Å². The Bertz CT molecular complexity index is 766. The van der Waals surface area contributed by atoms with E-state index < -0.39 is 0 Å². The fourth-order valence-electron chi connectivity index (χ4n) is 2.62. The first-order chi connectivity index (χ1) is 10.8. The molecule has 0 fully saturated rings. The van der Waals surface area contributed by atoms with Crippen molar-refractivity contribution in [1.29, 1.82) is 5.26 Å². The number of thiophene rings is 1. The van der Waals surface area contributed by atoms with Crippen LogP contribution in [0.3, 0.4) is 0 Å². The first-order valence-electron chi connectivity index (χ1n) is 7.29. The number of fused-ring (bicyclic) bond motifs is 1. The van der Waals surface area contributed by atoms with E-state index in [1.165, 1.54) is 16.9 Å². The Balaban J connectivity index is 1.85. The van der Waals surface area contributed by atoms with Crippen LogP contribution < -0.4 is 0 Å². The van der Waals surface area contributed by atoms with Crippen molar-refractivity contribution in [2.75, 3.05) is 0 Å². The number of benzene rings is 1. The number of hydrogen-bond donors (Lipinski definition) is 0. The van der Waals surface area contributed by atoms with E-state index in [4.69, 9.17) is 11.6 Å². The molecule has 4 heteroatoms. The van der Waals surface area contributed by atoms with Crippen molar-refractivity contribution in [2.45, 2.75) is 25.7 Å². The van der Waals surface area contributed by atoms with Crippen molar-refractivity contribution in [1.82, 2.24) is 0 Å². The molecule has 22 heavy (non-hydrogen) atoms. The Morgan fingerprint density at radius 1 is 1.23 bits per heavy atom. The highest BCUT2D eigenvalue weighted by Crippen LogP contribution is 2.39. The molecule has 0 saturated heterocycles. The summed E-state index contributed by atoms with van der Waals surface area (Å²) in [7, 11) is 0. The second kappa shape index (κ2) is 6.91. The molecule has 0 unspecified atom stereocenters. The lowest BCUT2D eigenvalue weighted by molar-refractivity contribution is 0.696. The normalized spacial score (nSPS) is 14.8. The first kappa shape index (κ1) is 15.0. The van der Waals surface area contributed by atoms with Crippen LogP contribution in [0.4, 0.5) is 5.00 Å². The van der Waals surface area contributed by atoms with E-state index in [9.17, 15) is 5.26 Å². The molecule has 1 aromatic carbocycles. The second-order valence-corrected chi connectivity index (χ2v) is 6.72. The molecule has 2 aromatic rings. The number of rotatable bonds is 3. The van der Waals surface area contributed by atoms with Gasteiger partial charge in [0, 0.05) is 11.1 Å². The highest BCUT2D eigenvalue weighted by molar-refractivity contribution is 7.16. The maximum atomic E-state index is 9.40. The average molecular weight is 327 g/mol. The third-order valence-corrected chi connectivity index (χ3v) is 5.08. The van der Waals surface area contributed by atoms with Crippen LogP contribution in [0.25, 0.3) is 6.08 Å². The number of hydrogen-bond acceptors (Lipinski definition) is 3. The molecule has 3 rings (SSSR count). The van der Waals surface area contributed by atoms with Crippen LogP contribution in [0.1, 0.15) is 34.4 Å². The van der Waals surface area contributed by atoms with Crippen molar-refractivity contribution in [2.24, 2.45) is 4.99 Å². The lowest BCUT2D eigenvalue weighted by Gasteiger charge is -2.09. The molecule has 0 aliphatic heterocycles. The van der Waals surface area contributed by atoms with Crippen LogP contribution in [0.2, 0.25) is 0 Å². The van der Waals surface area contributed by atoms with Gasteiger partial charge in [0.05, 0.1) is 10.6 Å². The third-order valence-electron chi connectivity index (χ3n) is 3.67. The molecule has 0 atom stereocenters. The topological polar surface area (TPSA) is 36.1 Å². The van der Waals surface area contributed by atoms with Gasteiger partial charge in [-0.05, 0) is 42.9 Å². The molecule has 1 heterocycles. The molecule has 0 spiro atoms. The molecule has 0 amide bonds. The minimum atomic E-state index is 0.557. The molecule has 0 saturated carbocycles. The zero-order chi connectivity index (χ0) is 15.4. The second-order valence-electron chi connectivity index (χ2n) is 5.20. The van der Waals surface area contributed by atoms with E-state index in [1.54, 1.807) is 17.6 Å². The summed E-state index contributed by atoms with van der Waals surface area (Å²) >= 11 is 7.85. The van der Waals surface area contributed by atoms with Gasteiger partial charge in [0.1, 0.15) is 11.1 Å².